The fraction of sp³-hybridized carbons (Fsp3) is 0.700. The number of carbonyl (C=O) groups is 2. The van der Waals surface area contributed by atoms with Gasteiger partial charge in [0.15, 0.2) is 0 Å². The lowest BCUT2D eigenvalue weighted by Crippen LogP contribution is -2.39. The van der Waals surface area contributed by atoms with Gasteiger partial charge in [-0.05, 0) is 50.4 Å². The molecule has 0 amide bonds. The molecule has 0 aromatic heterocycles. The first-order chi connectivity index (χ1) is 11.9. The summed E-state index contributed by atoms with van der Waals surface area (Å²) in [6, 6.07) is 0. The van der Waals surface area contributed by atoms with E-state index in [2.05, 4.69) is 27.0 Å². The number of carbonyl (C=O) groups excluding carboxylic acids is 2. The summed E-state index contributed by atoms with van der Waals surface area (Å²) in [6.45, 7) is 11.1. The summed E-state index contributed by atoms with van der Waals surface area (Å²) in [7, 11) is 0. The summed E-state index contributed by atoms with van der Waals surface area (Å²) in [4.78, 5) is 22.8. The molecule has 5 heteroatoms. The third kappa shape index (κ3) is 5.70. The van der Waals surface area contributed by atoms with Crippen LogP contribution in [0.3, 0.4) is 0 Å². The van der Waals surface area contributed by atoms with Gasteiger partial charge in [0.05, 0.1) is 12.2 Å². The van der Waals surface area contributed by atoms with Crippen LogP contribution in [0.15, 0.2) is 25.3 Å². The van der Waals surface area contributed by atoms with E-state index in [9.17, 15) is 9.59 Å². The van der Waals surface area contributed by atoms with Crippen molar-refractivity contribution in [1.29, 1.82) is 0 Å². The Morgan fingerprint density at radius 1 is 0.800 bits per heavy atom. The van der Waals surface area contributed by atoms with Crippen molar-refractivity contribution in [3.8, 4) is 0 Å². The van der Waals surface area contributed by atoms with Gasteiger partial charge < -0.3 is 14.2 Å². The Hall–Kier alpha value is -1.62. The molecule has 6 unspecified atom stereocenters. The van der Waals surface area contributed by atoms with Crippen LogP contribution in [0.2, 0.25) is 0 Å². The lowest BCUT2D eigenvalue weighted by atomic mass is 9.83. The molecule has 0 radical (unpaired) electrons. The Morgan fingerprint density at radius 3 is 1.52 bits per heavy atom. The van der Waals surface area contributed by atoms with Gasteiger partial charge in [-0.1, -0.05) is 27.0 Å². The van der Waals surface area contributed by atoms with Crippen molar-refractivity contribution in [3.63, 3.8) is 0 Å². The molecule has 0 aromatic carbocycles. The second-order valence-electron chi connectivity index (χ2n) is 7.32. The summed E-state index contributed by atoms with van der Waals surface area (Å²) in [6.07, 6.45) is 8.01. The average Bonchev–Trinajstić information content (AvgIpc) is 2.59. The second kappa shape index (κ2) is 9.18. The number of hydrogen-bond donors (Lipinski definition) is 0. The maximum atomic E-state index is 11.4. The minimum absolute atomic E-state index is 0.0432. The zero-order valence-corrected chi connectivity index (χ0v) is 15.3. The number of ether oxygens (including phenoxy) is 3. The molecular formula is C20H30O5. The SMILES string of the molecule is C=CC(=O)OC1CCC(OC2CCC(OC(=O)C=C)C(C)C2)CC1C. The van der Waals surface area contributed by atoms with E-state index < -0.39 is 0 Å². The van der Waals surface area contributed by atoms with E-state index >= 15 is 0 Å². The van der Waals surface area contributed by atoms with Gasteiger partial charge in [0.25, 0.3) is 0 Å². The highest BCUT2D eigenvalue weighted by Crippen LogP contribution is 2.34. The molecule has 2 saturated carbocycles. The molecule has 140 valence electrons. The van der Waals surface area contributed by atoms with Crippen LogP contribution >= 0.6 is 0 Å². The Morgan fingerprint density at radius 2 is 1.20 bits per heavy atom. The quantitative estimate of drug-likeness (QED) is 0.541. The summed E-state index contributed by atoms with van der Waals surface area (Å²) in [5.41, 5.74) is 0. The van der Waals surface area contributed by atoms with Crippen LogP contribution in [0.5, 0.6) is 0 Å². The van der Waals surface area contributed by atoms with Crippen molar-refractivity contribution in [2.75, 3.05) is 0 Å². The molecule has 2 fully saturated rings. The van der Waals surface area contributed by atoms with E-state index in [1.807, 2.05) is 0 Å². The molecule has 2 rings (SSSR count). The fourth-order valence-electron chi connectivity index (χ4n) is 3.90. The van der Waals surface area contributed by atoms with Crippen molar-refractivity contribution in [3.05, 3.63) is 25.3 Å². The minimum Gasteiger partial charge on any atom is -0.459 e. The van der Waals surface area contributed by atoms with Gasteiger partial charge in [-0.25, -0.2) is 9.59 Å². The van der Waals surface area contributed by atoms with Gasteiger partial charge in [0, 0.05) is 12.2 Å². The Kier molecular flexibility index (Phi) is 7.24. The lowest BCUT2D eigenvalue weighted by Gasteiger charge is -2.38. The Balaban J connectivity index is 1.77. The van der Waals surface area contributed by atoms with Crippen LogP contribution in [0.1, 0.15) is 52.4 Å². The first-order valence-corrected chi connectivity index (χ1v) is 9.24. The monoisotopic (exact) mass is 350 g/mol. The van der Waals surface area contributed by atoms with Crippen molar-refractivity contribution in [2.45, 2.75) is 76.8 Å². The molecule has 0 aromatic rings. The third-order valence-electron chi connectivity index (χ3n) is 5.34. The van der Waals surface area contributed by atoms with Gasteiger partial charge in [-0.15, -0.1) is 0 Å². The van der Waals surface area contributed by atoms with E-state index in [1.54, 1.807) is 0 Å². The summed E-state index contributed by atoms with van der Waals surface area (Å²) >= 11 is 0. The molecule has 0 bridgehead atoms. The van der Waals surface area contributed by atoms with Gasteiger partial charge in [-0.3, -0.25) is 0 Å². The average molecular weight is 350 g/mol. The van der Waals surface area contributed by atoms with Crippen molar-refractivity contribution in [1.82, 2.24) is 0 Å². The maximum absolute atomic E-state index is 11.4. The molecule has 5 nitrogen and oxygen atoms in total. The molecule has 25 heavy (non-hydrogen) atoms. The van der Waals surface area contributed by atoms with E-state index in [0.29, 0.717) is 0 Å². The van der Waals surface area contributed by atoms with Crippen LogP contribution in [-0.4, -0.2) is 36.4 Å². The van der Waals surface area contributed by atoms with Crippen LogP contribution < -0.4 is 0 Å². The fourth-order valence-corrected chi connectivity index (χ4v) is 3.90. The Bertz CT molecular complexity index is 456. The lowest BCUT2D eigenvalue weighted by molar-refractivity contribution is -0.155. The van der Waals surface area contributed by atoms with Gasteiger partial charge in [0.2, 0.25) is 0 Å². The molecule has 0 saturated heterocycles. The highest BCUT2D eigenvalue weighted by molar-refractivity contribution is 5.81. The predicted molar refractivity (Wildman–Crippen MR) is 94.8 cm³/mol. The summed E-state index contributed by atoms with van der Waals surface area (Å²) < 4.78 is 17.1. The van der Waals surface area contributed by atoms with E-state index in [-0.39, 0.29) is 48.2 Å². The first kappa shape index (κ1) is 19.7. The summed E-state index contributed by atoms with van der Waals surface area (Å²) in [5.74, 6) is -0.134. The highest BCUT2D eigenvalue weighted by Gasteiger charge is 2.35. The number of esters is 2. The van der Waals surface area contributed by atoms with Crippen LogP contribution in [-0.2, 0) is 23.8 Å². The van der Waals surface area contributed by atoms with Crippen molar-refractivity contribution >= 4 is 11.9 Å². The molecule has 0 aliphatic heterocycles. The standard InChI is InChI=1S/C20H30O5/c1-5-19(21)24-17-9-7-15(11-13(17)3)23-16-8-10-18(14(4)12-16)25-20(22)6-2/h5-6,13-18H,1-2,7-12H2,3-4H3. The Labute approximate surface area is 150 Å². The normalized spacial score (nSPS) is 35.4. The molecular weight excluding hydrogens is 320 g/mol. The predicted octanol–water partition coefficient (Wildman–Crippen LogP) is 3.58. The second-order valence-corrected chi connectivity index (χ2v) is 7.32. The largest absolute Gasteiger partial charge is 0.459 e. The zero-order chi connectivity index (χ0) is 18.4. The molecule has 6 atom stereocenters. The number of rotatable bonds is 6. The smallest absolute Gasteiger partial charge is 0.330 e. The molecule has 0 heterocycles. The molecule has 2 aliphatic carbocycles. The van der Waals surface area contributed by atoms with Crippen LogP contribution in [0, 0.1) is 11.8 Å². The molecule has 0 spiro atoms. The van der Waals surface area contributed by atoms with E-state index in [4.69, 9.17) is 14.2 Å². The third-order valence-corrected chi connectivity index (χ3v) is 5.34. The van der Waals surface area contributed by atoms with E-state index in [1.165, 1.54) is 12.2 Å². The maximum Gasteiger partial charge on any atom is 0.330 e. The zero-order valence-electron chi connectivity index (χ0n) is 15.3. The van der Waals surface area contributed by atoms with Gasteiger partial charge in [-0.2, -0.15) is 0 Å². The van der Waals surface area contributed by atoms with Gasteiger partial charge in [0.1, 0.15) is 12.2 Å². The van der Waals surface area contributed by atoms with Crippen LogP contribution in [0.4, 0.5) is 0 Å². The first-order valence-electron chi connectivity index (χ1n) is 9.24. The molecule has 0 N–H and O–H groups in total. The van der Waals surface area contributed by atoms with Crippen molar-refractivity contribution < 1.29 is 23.8 Å². The van der Waals surface area contributed by atoms with Gasteiger partial charge >= 0.3 is 11.9 Å². The highest BCUT2D eigenvalue weighted by atomic mass is 16.5. The van der Waals surface area contributed by atoms with E-state index in [0.717, 1.165) is 38.5 Å². The number of hydrogen-bond acceptors (Lipinski definition) is 5. The minimum atomic E-state index is -0.350. The molecule has 2 aliphatic rings. The van der Waals surface area contributed by atoms with Crippen molar-refractivity contribution in [2.24, 2.45) is 11.8 Å². The summed E-state index contributed by atoms with van der Waals surface area (Å²) in [5, 5.41) is 0. The topological polar surface area (TPSA) is 61.8 Å². The van der Waals surface area contributed by atoms with Crippen LogP contribution in [0.25, 0.3) is 0 Å².